The Hall–Kier alpha value is -2.97. The van der Waals surface area contributed by atoms with E-state index in [1.165, 1.54) is 28.7 Å². The average molecular weight is 501 g/mol. The Bertz CT molecular complexity index is 1070. The van der Waals surface area contributed by atoms with Crippen molar-refractivity contribution in [2.75, 3.05) is 6.61 Å². The van der Waals surface area contributed by atoms with Crippen molar-refractivity contribution in [1.29, 1.82) is 0 Å². The fourth-order valence-corrected chi connectivity index (χ4v) is 4.37. The third-order valence-corrected chi connectivity index (χ3v) is 7.01. The molecule has 1 rings (SSSR count). The molecule has 0 bridgehead atoms. The zero-order valence-electron chi connectivity index (χ0n) is 24.3. The summed E-state index contributed by atoms with van der Waals surface area (Å²) in [6.07, 6.45) is 31.2. The Kier molecular flexibility index (Phi) is 14.5. The molecule has 1 unspecified atom stereocenters. The lowest BCUT2D eigenvalue weighted by Crippen LogP contribution is -2.30. The molecular weight excluding hydrogens is 452 g/mol. The van der Waals surface area contributed by atoms with Gasteiger partial charge in [-0.25, -0.2) is 0 Å². The van der Waals surface area contributed by atoms with Gasteiger partial charge in [-0.05, 0) is 83.3 Å². The first-order valence-electron chi connectivity index (χ1n) is 13.3. The molecule has 200 valence electrons. The quantitative estimate of drug-likeness (QED) is 0.125. The smallest absolute Gasteiger partial charge is 0.145 e. The van der Waals surface area contributed by atoms with Crippen LogP contribution in [0.3, 0.4) is 0 Å². The first kappa shape index (κ1) is 32.1. The normalized spacial score (nSPS) is 20.9. The number of aliphatic hydroxyl groups is 1. The summed E-state index contributed by atoms with van der Waals surface area (Å²) in [6.45, 7) is 17.2. The van der Waals surface area contributed by atoms with Gasteiger partial charge in [-0.15, -0.1) is 0 Å². The summed E-state index contributed by atoms with van der Waals surface area (Å²) in [5.41, 5.74) is 8.33. The topological polar surface area (TPSA) is 37.3 Å². The molecule has 0 aliphatic heterocycles. The van der Waals surface area contributed by atoms with Crippen LogP contribution in [0.1, 0.15) is 74.7 Å². The highest BCUT2D eigenvalue weighted by Crippen LogP contribution is 2.47. The van der Waals surface area contributed by atoms with Crippen LogP contribution in [-0.2, 0) is 4.79 Å². The van der Waals surface area contributed by atoms with Gasteiger partial charge in [0.2, 0.25) is 0 Å². The predicted octanol–water partition coefficient (Wildman–Crippen LogP) is 9.28. The highest BCUT2D eigenvalue weighted by Gasteiger charge is 2.35. The molecule has 0 aromatic rings. The predicted molar refractivity (Wildman–Crippen MR) is 162 cm³/mol. The van der Waals surface area contributed by atoms with E-state index in [9.17, 15) is 9.90 Å². The lowest BCUT2D eigenvalue weighted by Gasteiger charge is -2.41. The zero-order chi connectivity index (χ0) is 27.8. The third kappa shape index (κ3) is 12.2. The van der Waals surface area contributed by atoms with Gasteiger partial charge in [0, 0.05) is 0 Å². The molecule has 1 aliphatic rings. The van der Waals surface area contributed by atoms with Gasteiger partial charge in [-0.3, -0.25) is 4.79 Å². The first-order valence-corrected chi connectivity index (χ1v) is 13.3. The molecule has 0 aromatic heterocycles. The standard InChI is InChI=1S/C35H48O2/c1-27(13-9-10-14-28(2)16-12-18-30(4)25-36)15-11-17-29(3)20-24-34-32(6)21-23-33(35(34,7)8)22-19-31(5)26-37/h9-20,24-25,33,37H,21-23,26H2,1-8H3/b10-9+,15-11+,16-12+,24-20+,27-13+,28-14+,29-17+,30-18+,31-19+. The summed E-state index contributed by atoms with van der Waals surface area (Å²) in [7, 11) is 0. The van der Waals surface area contributed by atoms with Crippen molar-refractivity contribution in [3.8, 4) is 0 Å². The van der Waals surface area contributed by atoms with Gasteiger partial charge >= 0.3 is 0 Å². The van der Waals surface area contributed by atoms with Gasteiger partial charge in [0.15, 0.2) is 0 Å². The average Bonchev–Trinajstić information content (AvgIpc) is 2.85. The van der Waals surface area contributed by atoms with E-state index in [0.717, 1.165) is 30.3 Å². The van der Waals surface area contributed by atoms with E-state index in [0.29, 0.717) is 11.5 Å². The van der Waals surface area contributed by atoms with Crippen LogP contribution in [0.15, 0.2) is 118 Å². The molecule has 0 fully saturated rings. The highest BCUT2D eigenvalue weighted by atomic mass is 16.3. The Morgan fingerprint density at radius 2 is 1.35 bits per heavy atom. The first-order chi connectivity index (χ1) is 17.5. The molecule has 1 N–H and O–H groups in total. The number of carbonyl (C=O) groups is 1. The van der Waals surface area contributed by atoms with E-state index in [4.69, 9.17) is 0 Å². The number of hydrogen-bond acceptors (Lipinski definition) is 2. The van der Waals surface area contributed by atoms with Crippen LogP contribution in [0.5, 0.6) is 0 Å². The van der Waals surface area contributed by atoms with Crippen molar-refractivity contribution in [3.05, 3.63) is 118 Å². The minimum absolute atomic E-state index is 0.112. The van der Waals surface area contributed by atoms with Gasteiger partial charge in [-0.2, -0.15) is 0 Å². The number of allylic oxidation sites excluding steroid dienone is 19. The lowest BCUT2D eigenvalue weighted by atomic mass is 9.64. The van der Waals surface area contributed by atoms with Gasteiger partial charge in [-0.1, -0.05) is 121 Å². The maximum absolute atomic E-state index is 10.6. The van der Waals surface area contributed by atoms with E-state index in [1.54, 1.807) is 13.0 Å². The van der Waals surface area contributed by atoms with Gasteiger partial charge in [0.1, 0.15) is 6.29 Å². The summed E-state index contributed by atoms with van der Waals surface area (Å²) in [4.78, 5) is 10.6. The molecule has 0 saturated heterocycles. The monoisotopic (exact) mass is 500 g/mol. The SMILES string of the molecule is CC1=C(/C=C/C(C)=C/C=C/C(C)=C/C=C/C=C(C)/C=C/C=C(\C)C=O)C(C)(C)C(C/C=C(\C)CO)CC1. The largest absolute Gasteiger partial charge is 0.392 e. The third-order valence-electron chi connectivity index (χ3n) is 7.01. The van der Waals surface area contributed by atoms with Crippen molar-refractivity contribution < 1.29 is 9.90 Å². The van der Waals surface area contributed by atoms with Crippen LogP contribution < -0.4 is 0 Å². The summed E-state index contributed by atoms with van der Waals surface area (Å²) in [6, 6.07) is 0. The Balaban J connectivity index is 2.79. The van der Waals surface area contributed by atoms with Crippen molar-refractivity contribution in [3.63, 3.8) is 0 Å². The molecule has 2 nitrogen and oxygen atoms in total. The molecule has 0 radical (unpaired) electrons. The highest BCUT2D eigenvalue weighted by molar-refractivity contribution is 5.72. The van der Waals surface area contributed by atoms with Crippen LogP contribution in [0, 0.1) is 11.3 Å². The minimum atomic E-state index is 0.112. The number of aliphatic hydroxyl groups excluding tert-OH is 1. The molecule has 0 aromatic carbocycles. The Morgan fingerprint density at radius 1 is 0.838 bits per heavy atom. The molecular formula is C35H48O2. The Labute approximate surface area is 226 Å². The van der Waals surface area contributed by atoms with E-state index < -0.39 is 0 Å². The van der Waals surface area contributed by atoms with Gasteiger partial charge in [0.25, 0.3) is 0 Å². The van der Waals surface area contributed by atoms with Crippen LogP contribution in [-0.4, -0.2) is 18.0 Å². The number of aldehydes is 1. The maximum atomic E-state index is 10.6. The molecule has 0 amide bonds. The zero-order valence-corrected chi connectivity index (χ0v) is 24.3. The molecule has 1 atom stereocenters. The minimum Gasteiger partial charge on any atom is -0.392 e. The van der Waals surface area contributed by atoms with E-state index in [2.05, 4.69) is 77.2 Å². The second-order valence-electron chi connectivity index (χ2n) is 10.8. The summed E-state index contributed by atoms with van der Waals surface area (Å²) < 4.78 is 0. The van der Waals surface area contributed by atoms with Gasteiger partial charge in [0.05, 0.1) is 6.61 Å². The lowest BCUT2D eigenvalue weighted by molar-refractivity contribution is -0.104. The molecule has 0 saturated carbocycles. The number of carbonyl (C=O) groups excluding carboxylic acids is 1. The fourth-order valence-electron chi connectivity index (χ4n) is 4.37. The molecule has 2 heteroatoms. The second-order valence-corrected chi connectivity index (χ2v) is 10.8. The fraction of sp³-hybridized carbons (Fsp3) is 0.400. The number of rotatable bonds is 12. The van der Waals surface area contributed by atoms with Gasteiger partial charge < -0.3 is 5.11 Å². The van der Waals surface area contributed by atoms with E-state index in [-0.39, 0.29) is 12.0 Å². The van der Waals surface area contributed by atoms with Crippen LogP contribution in [0.4, 0.5) is 0 Å². The molecule has 0 spiro atoms. The molecule has 37 heavy (non-hydrogen) atoms. The maximum Gasteiger partial charge on any atom is 0.145 e. The van der Waals surface area contributed by atoms with Crippen molar-refractivity contribution >= 4 is 6.29 Å². The number of hydrogen-bond donors (Lipinski definition) is 1. The van der Waals surface area contributed by atoms with E-state index in [1.807, 2.05) is 44.2 Å². The Morgan fingerprint density at radius 3 is 1.89 bits per heavy atom. The second kappa shape index (κ2) is 16.7. The van der Waals surface area contributed by atoms with Crippen molar-refractivity contribution in [2.45, 2.75) is 74.7 Å². The summed E-state index contributed by atoms with van der Waals surface area (Å²) in [5, 5.41) is 9.34. The van der Waals surface area contributed by atoms with Crippen LogP contribution in [0.2, 0.25) is 0 Å². The van der Waals surface area contributed by atoms with Crippen LogP contribution >= 0.6 is 0 Å². The molecule has 1 aliphatic carbocycles. The van der Waals surface area contributed by atoms with E-state index >= 15 is 0 Å². The molecule has 0 heterocycles. The van der Waals surface area contributed by atoms with Crippen molar-refractivity contribution in [1.82, 2.24) is 0 Å². The summed E-state index contributed by atoms with van der Waals surface area (Å²) >= 11 is 0. The van der Waals surface area contributed by atoms with Crippen LogP contribution in [0.25, 0.3) is 0 Å². The van der Waals surface area contributed by atoms with Crippen molar-refractivity contribution in [2.24, 2.45) is 11.3 Å². The summed E-state index contributed by atoms with van der Waals surface area (Å²) in [5.74, 6) is 0.584.